The second-order valence-corrected chi connectivity index (χ2v) is 5.62. The zero-order valence-electron chi connectivity index (χ0n) is 21.1. The predicted molar refractivity (Wildman–Crippen MR) is 135 cm³/mol. The summed E-state index contributed by atoms with van der Waals surface area (Å²) in [5, 5.41) is 0. The molecule has 0 fully saturated rings. The molecule has 1 aromatic heterocycles. The third-order valence-corrected chi connectivity index (χ3v) is 3.96. The molecule has 0 spiro atoms. The molecular weight excluding hydrogens is 364 g/mol. The minimum atomic E-state index is 0.781. The Hall–Kier alpha value is -2.48. The van der Waals surface area contributed by atoms with E-state index in [1.807, 2.05) is 67.5 Å². The van der Waals surface area contributed by atoms with Crippen molar-refractivity contribution in [2.45, 2.75) is 82.1 Å². The van der Waals surface area contributed by atoms with Gasteiger partial charge < -0.3 is 0 Å². The number of rotatable bonds is 4. The zero-order valence-corrected chi connectivity index (χ0v) is 21.1. The maximum absolute atomic E-state index is 4.81. The van der Waals surface area contributed by atoms with Gasteiger partial charge in [-0.05, 0) is 30.5 Å². The maximum Gasteiger partial charge on any atom is 0.133 e. The first kappa shape index (κ1) is 29.7. The molecule has 0 bridgehead atoms. The minimum absolute atomic E-state index is 0.781. The molecule has 2 aromatic carbocycles. The van der Waals surface area contributed by atoms with E-state index < -0.39 is 0 Å². The summed E-state index contributed by atoms with van der Waals surface area (Å²) in [5.41, 5.74) is 5.93. The zero-order chi connectivity index (χ0) is 23.4. The lowest BCUT2D eigenvalue weighted by atomic mass is 10.0. The van der Waals surface area contributed by atoms with E-state index in [2.05, 4.69) is 67.4 Å². The standard InChI is InChI=1S/C20H20N2.4C2H6/c1-15-16(2)21-20(14-18-11-7-4-8-12-18)22-19(15)13-17-9-5-3-6-10-17;4*1-2/h3-12H,13-14H2,1-2H3;4*1-2H3. The van der Waals surface area contributed by atoms with E-state index in [-0.39, 0.29) is 0 Å². The first-order valence-electron chi connectivity index (χ1n) is 11.6. The van der Waals surface area contributed by atoms with Gasteiger partial charge in [-0.1, -0.05) is 116 Å². The number of aryl methyl sites for hydroxylation is 1. The smallest absolute Gasteiger partial charge is 0.133 e. The highest BCUT2D eigenvalue weighted by molar-refractivity contribution is 5.30. The molecule has 0 aliphatic carbocycles. The van der Waals surface area contributed by atoms with Crippen LogP contribution in [0.1, 0.15) is 89.3 Å². The van der Waals surface area contributed by atoms with Crippen molar-refractivity contribution in [1.82, 2.24) is 9.97 Å². The molecule has 0 unspecified atom stereocenters. The fourth-order valence-corrected chi connectivity index (χ4v) is 2.57. The summed E-state index contributed by atoms with van der Waals surface area (Å²) in [6, 6.07) is 20.9. The largest absolute Gasteiger partial charge is 0.238 e. The summed E-state index contributed by atoms with van der Waals surface area (Å²) < 4.78 is 0. The molecule has 30 heavy (non-hydrogen) atoms. The van der Waals surface area contributed by atoms with Crippen molar-refractivity contribution in [2.75, 3.05) is 0 Å². The summed E-state index contributed by atoms with van der Waals surface area (Å²) in [5.74, 6) is 0.903. The predicted octanol–water partition coefficient (Wildman–Crippen LogP) is 8.38. The summed E-state index contributed by atoms with van der Waals surface area (Å²) in [6.07, 6.45) is 1.64. The first-order valence-corrected chi connectivity index (χ1v) is 11.6. The van der Waals surface area contributed by atoms with E-state index in [0.29, 0.717) is 0 Å². The quantitative estimate of drug-likeness (QED) is 0.433. The van der Waals surface area contributed by atoms with Crippen LogP contribution in [-0.4, -0.2) is 9.97 Å². The van der Waals surface area contributed by atoms with Crippen LogP contribution in [0.5, 0.6) is 0 Å². The van der Waals surface area contributed by atoms with Crippen LogP contribution < -0.4 is 0 Å². The molecule has 3 rings (SSSR count). The second-order valence-electron chi connectivity index (χ2n) is 5.62. The molecule has 0 saturated heterocycles. The Morgan fingerprint density at radius 3 is 1.37 bits per heavy atom. The van der Waals surface area contributed by atoms with E-state index >= 15 is 0 Å². The van der Waals surface area contributed by atoms with Crippen LogP contribution >= 0.6 is 0 Å². The van der Waals surface area contributed by atoms with Crippen LogP contribution in [0.25, 0.3) is 0 Å². The summed E-state index contributed by atoms with van der Waals surface area (Å²) in [4.78, 5) is 9.47. The minimum Gasteiger partial charge on any atom is -0.238 e. The molecule has 0 aliphatic rings. The van der Waals surface area contributed by atoms with Crippen LogP contribution in [0.3, 0.4) is 0 Å². The van der Waals surface area contributed by atoms with Gasteiger partial charge >= 0.3 is 0 Å². The fourth-order valence-electron chi connectivity index (χ4n) is 2.57. The van der Waals surface area contributed by atoms with Crippen molar-refractivity contribution in [3.05, 3.63) is 94.6 Å². The molecule has 0 N–H and O–H groups in total. The van der Waals surface area contributed by atoms with Crippen LogP contribution in [0.15, 0.2) is 60.7 Å². The van der Waals surface area contributed by atoms with E-state index in [9.17, 15) is 0 Å². The van der Waals surface area contributed by atoms with Gasteiger partial charge in [0, 0.05) is 18.5 Å². The van der Waals surface area contributed by atoms with Gasteiger partial charge in [-0.15, -0.1) is 0 Å². The Morgan fingerprint density at radius 1 is 0.533 bits per heavy atom. The molecule has 166 valence electrons. The molecule has 2 heteroatoms. The lowest BCUT2D eigenvalue weighted by molar-refractivity contribution is 0.877. The summed E-state index contributed by atoms with van der Waals surface area (Å²) in [6.45, 7) is 20.2. The molecule has 3 aromatic rings. The molecule has 1 heterocycles. The molecule has 0 radical (unpaired) electrons. The van der Waals surface area contributed by atoms with Gasteiger partial charge in [-0.3, -0.25) is 0 Å². The van der Waals surface area contributed by atoms with Crippen LogP contribution in [0, 0.1) is 13.8 Å². The van der Waals surface area contributed by atoms with E-state index in [1.54, 1.807) is 0 Å². The van der Waals surface area contributed by atoms with Gasteiger partial charge in [0.05, 0.1) is 5.69 Å². The van der Waals surface area contributed by atoms with Gasteiger partial charge in [0.25, 0.3) is 0 Å². The Labute approximate surface area is 186 Å². The van der Waals surface area contributed by atoms with E-state index in [4.69, 9.17) is 4.98 Å². The summed E-state index contributed by atoms with van der Waals surface area (Å²) in [7, 11) is 0. The molecule has 0 atom stereocenters. The maximum atomic E-state index is 4.81. The van der Waals surface area contributed by atoms with Crippen molar-refractivity contribution in [2.24, 2.45) is 0 Å². The average Bonchev–Trinajstić information content (AvgIpc) is 2.84. The Kier molecular flexibility index (Phi) is 19.6. The lowest BCUT2D eigenvalue weighted by Gasteiger charge is -2.11. The fraction of sp³-hybridized carbons (Fsp3) is 0.429. The monoisotopic (exact) mass is 408 g/mol. The van der Waals surface area contributed by atoms with Crippen molar-refractivity contribution in [1.29, 1.82) is 0 Å². The van der Waals surface area contributed by atoms with Crippen molar-refractivity contribution in [3.8, 4) is 0 Å². The summed E-state index contributed by atoms with van der Waals surface area (Å²) >= 11 is 0. The Balaban J connectivity index is 0. The normalized spacial score (nSPS) is 8.60. The first-order chi connectivity index (χ1) is 14.7. The molecule has 0 aliphatic heterocycles. The average molecular weight is 409 g/mol. The van der Waals surface area contributed by atoms with Crippen molar-refractivity contribution in [3.63, 3.8) is 0 Å². The van der Waals surface area contributed by atoms with Crippen molar-refractivity contribution < 1.29 is 0 Å². The Morgan fingerprint density at radius 2 is 0.933 bits per heavy atom. The lowest BCUT2D eigenvalue weighted by Crippen LogP contribution is -2.06. The van der Waals surface area contributed by atoms with Gasteiger partial charge in [0.15, 0.2) is 0 Å². The molecule has 0 saturated carbocycles. The third-order valence-electron chi connectivity index (χ3n) is 3.96. The van der Waals surface area contributed by atoms with Crippen LogP contribution in [0.4, 0.5) is 0 Å². The third kappa shape index (κ3) is 10.9. The number of hydrogen-bond acceptors (Lipinski definition) is 2. The van der Waals surface area contributed by atoms with E-state index in [0.717, 1.165) is 30.1 Å². The van der Waals surface area contributed by atoms with Gasteiger partial charge in [0.1, 0.15) is 5.82 Å². The Bertz CT molecular complexity index is 750. The van der Waals surface area contributed by atoms with Gasteiger partial charge in [-0.2, -0.15) is 0 Å². The van der Waals surface area contributed by atoms with Crippen LogP contribution in [0.2, 0.25) is 0 Å². The number of aromatic nitrogens is 2. The highest BCUT2D eigenvalue weighted by atomic mass is 14.9. The molecular formula is C28H44N2. The van der Waals surface area contributed by atoms with Gasteiger partial charge in [-0.25, -0.2) is 9.97 Å². The van der Waals surface area contributed by atoms with E-state index in [1.165, 1.54) is 16.7 Å². The topological polar surface area (TPSA) is 25.8 Å². The van der Waals surface area contributed by atoms with Crippen LogP contribution in [-0.2, 0) is 12.8 Å². The highest BCUT2D eigenvalue weighted by Crippen LogP contribution is 2.16. The number of benzene rings is 2. The van der Waals surface area contributed by atoms with Gasteiger partial charge in [0.2, 0.25) is 0 Å². The second kappa shape index (κ2) is 19.8. The molecule has 0 amide bonds. The highest BCUT2D eigenvalue weighted by Gasteiger charge is 2.09. The molecule has 2 nitrogen and oxygen atoms in total. The number of hydrogen-bond donors (Lipinski definition) is 0. The van der Waals surface area contributed by atoms with Crippen molar-refractivity contribution >= 4 is 0 Å². The number of nitrogens with zero attached hydrogens (tertiary/aromatic N) is 2. The SMILES string of the molecule is CC.CC.CC.CC.Cc1nc(Cc2ccccc2)nc(Cc2ccccc2)c1C.